The van der Waals surface area contributed by atoms with Gasteiger partial charge in [0.1, 0.15) is 5.75 Å². The van der Waals surface area contributed by atoms with Crippen molar-refractivity contribution in [3.8, 4) is 5.75 Å². The van der Waals surface area contributed by atoms with Gasteiger partial charge in [-0.25, -0.2) is 0 Å². The molecule has 2 aromatic carbocycles. The quantitative estimate of drug-likeness (QED) is 0.744. The van der Waals surface area contributed by atoms with Crippen LogP contribution in [0.4, 0.5) is 0 Å². The van der Waals surface area contributed by atoms with Gasteiger partial charge in [-0.15, -0.1) is 0 Å². The van der Waals surface area contributed by atoms with Gasteiger partial charge in [0, 0.05) is 16.1 Å². The molecule has 1 aliphatic rings. The number of halogens is 2. The monoisotopic (exact) mass is 363 g/mol. The second-order valence-corrected chi connectivity index (χ2v) is 7.34. The van der Waals surface area contributed by atoms with Crippen molar-refractivity contribution in [1.29, 1.82) is 0 Å². The first kappa shape index (κ1) is 17.6. The van der Waals surface area contributed by atoms with Crippen LogP contribution in [0.5, 0.6) is 5.75 Å². The van der Waals surface area contributed by atoms with E-state index < -0.39 is 0 Å². The van der Waals surface area contributed by atoms with Crippen LogP contribution in [0.25, 0.3) is 0 Å². The molecule has 4 heteroatoms. The summed E-state index contributed by atoms with van der Waals surface area (Å²) in [7, 11) is 0. The summed E-state index contributed by atoms with van der Waals surface area (Å²) in [5.74, 6) is 1.61. The van der Waals surface area contributed by atoms with E-state index in [0.717, 1.165) is 47.7 Å². The lowest BCUT2D eigenvalue weighted by molar-refractivity contribution is 0.238. The topological polar surface area (TPSA) is 21.3 Å². The van der Waals surface area contributed by atoms with E-state index in [1.807, 2.05) is 36.4 Å². The van der Waals surface area contributed by atoms with E-state index in [9.17, 15) is 0 Å². The van der Waals surface area contributed by atoms with Crippen LogP contribution in [-0.2, 0) is 6.42 Å². The van der Waals surface area contributed by atoms with Crippen LogP contribution in [0.3, 0.4) is 0 Å². The molecule has 1 fully saturated rings. The molecule has 2 atom stereocenters. The highest BCUT2D eigenvalue weighted by Gasteiger charge is 2.21. The summed E-state index contributed by atoms with van der Waals surface area (Å²) in [5, 5.41) is 5.16. The molecule has 1 aliphatic heterocycles. The number of nitrogens with one attached hydrogen (secondary N) is 1. The smallest absolute Gasteiger partial charge is 0.119 e. The number of hydrogen-bond acceptors (Lipinski definition) is 2. The van der Waals surface area contributed by atoms with Crippen LogP contribution in [0.2, 0.25) is 10.0 Å². The lowest BCUT2D eigenvalue weighted by atomic mass is 9.86. The van der Waals surface area contributed by atoms with Gasteiger partial charge >= 0.3 is 0 Å². The van der Waals surface area contributed by atoms with Gasteiger partial charge in [-0.3, -0.25) is 0 Å². The van der Waals surface area contributed by atoms with E-state index in [-0.39, 0.29) is 0 Å². The van der Waals surface area contributed by atoms with Crippen LogP contribution in [-0.4, -0.2) is 19.2 Å². The number of ether oxygens (including phenoxy) is 1. The fourth-order valence-electron chi connectivity index (χ4n) is 3.30. The Balaban J connectivity index is 1.43. The molecule has 2 unspecified atom stereocenters. The van der Waals surface area contributed by atoms with E-state index in [1.54, 1.807) is 0 Å². The predicted molar refractivity (Wildman–Crippen MR) is 101 cm³/mol. The molecular weight excluding hydrogens is 341 g/mol. The third-order valence-electron chi connectivity index (χ3n) is 4.59. The Kier molecular flexibility index (Phi) is 6.42. The van der Waals surface area contributed by atoms with Gasteiger partial charge in [0.2, 0.25) is 0 Å². The van der Waals surface area contributed by atoms with Crippen molar-refractivity contribution < 1.29 is 4.74 Å². The standard InChI is InChI=1S/C20H23Cl2NO/c21-17-3-1-15(2-4-17)13-16-9-11-23-19(14-16)10-12-24-20-7-5-18(22)6-8-20/h1-8,16,19,23H,9-14H2. The second kappa shape index (κ2) is 8.75. The number of hydrogen-bond donors (Lipinski definition) is 1. The maximum atomic E-state index is 5.96. The van der Waals surface area contributed by atoms with E-state index in [1.165, 1.54) is 18.4 Å². The third-order valence-corrected chi connectivity index (χ3v) is 5.09. The van der Waals surface area contributed by atoms with Gasteiger partial charge in [-0.2, -0.15) is 0 Å². The van der Waals surface area contributed by atoms with Gasteiger partial charge in [0.25, 0.3) is 0 Å². The normalized spacial score (nSPS) is 20.8. The summed E-state index contributed by atoms with van der Waals surface area (Å²) < 4.78 is 5.82. The molecular formula is C20H23Cl2NO. The van der Waals surface area contributed by atoms with Crippen LogP contribution >= 0.6 is 23.2 Å². The molecule has 0 aromatic heterocycles. The Morgan fingerprint density at radius 3 is 2.33 bits per heavy atom. The van der Waals surface area contributed by atoms with Gasteiger partial charge < -0.3 is 10.1 Å². The average molecular weight is 364 g/mol. The molecule has 2 nitrogen and oxygen atoms in total. The van der Waals surface area contributed by atoms with Crippen molar-refractivity contribution in [2.75, 3.05) is 13.2 Å². The number of piperidine rings is 1. The summed E-state index contributed by atoms with van der Waals surface area (Å²) >= 11 is 11.8. The number of benzene rings is 2. The summed E-state index contributed by atoms with van der Waals surface area (Å²) in [6, 6.07) is 16.3. The van der Waals surface area contributed by atoms with E-state index >= 15 is 0 Å². The van der Waals surface area contributed by atoms with Crippen LogP contribution in [0, 0.1) is 5.92 Å². The minimum Gasteiger partial charge on any atom is -0.494 e. The lowest BCUT2D eigenvalue weighted by Gasteiger charge is -2.30. The minimum atomic E-state index is 0.531. The first-order chi connectivity index (χ1) is 11.7. The van der Waals surface area contributed by atoms with E-state index in [0.29, 0.717) is 6.04 Å². The Hall–Kier alpha value is -1.22. The van der Waals surface area contributed by atoms with Gasteiger partial charge in [-0.05, 0) is 80.1 Å². The first-order valence-corrected chi connectivity index (χ1v) is 9.31. The van der Waals surface area contributed by atoms with Gasteiger partial charge in [-0.1, -0.05) is 35.3 Å². The number of rotatable bonds is 6. The van der Waals surface area contributed by atoms with Crippen molar-refractivity contribution in [2.24, 2.45) is 5.92 Å². The molecule has 1 heterocycles. The fourth-order valence-corrected chi connectivity index (χ4v) is 3.56. The molecule has 0 bridgehead atoms. The molecule has 1 saturated heterocycles. The van der Waals surface area contributed by atoms with Crippen LogP contribution < -0.4 is 10.1 Å². The summed E-state index contributed by atoms with van der Waals surface area (Å²) in [5.41, 5.74) is 1.38. The molecule has 1 N–H and O–H groups in total. The maximum absolute atomic E-state index is 5.96. The molecule has 0 radical (unpaired) electrons. The largest absolute Gasteiger partial charge is 0.494 e. The van der Waals surface area contributed by atoms with Gasteiger partial charge in [0.15, 0.2) is 0 Å². The summed E-state index contributed by atoms with van der Waals surface area (Å²) in [6.45, 7) is 1.82. The molecule has 0 amide bonds. The molecule has 0 aliphatic carbocycles. The zero-order valence-corrected chi connectivity index (χ0v) is 15.2. The minimum absolute atomic E-state index is 0.531. The highest BCUT2D eigenvalue weighted by Crippen LogP contribution is 2.24. The Bertz CT molecular complexity index is 627. The van der Waals surface area contributed by atoms with Crippen molar-refractivity contribution >= 4 is 23.2 Å². The Morgan fingerprint density at radius 2 is 1.62 bits per heavy atom. The van der Waals surface area contributed by atoms with Crippen molar-refractivity contribution in [3.63, 3.8) is 0 Å². The molecule has 0 saturated carbocycles. The van der Waals surface area contributed by atoms with Gasteiger partial charge in [0.05, 0.1) is 6.61 Å². The van der Waals surface area contributed by atoms with Crippen LogP contribution in [0.15, 0.2) is 48.5 Å². The van der Waals surface area contributed by atoms with Crippen molar-refractivity contribution in [1.82, 2.24) is 5.32 Å². The molecule has 128 valence electrons. The fraction of sp³-hybridized carbons (Fsp3) is 0.400. The molecule has 3 rings (SSSR count). The predicted octanol–water partition coefficient (Wildman–Crippen LogP) is 5.37. The maximum Gasteiger partial charge on any atom is 0.119 e. The zero-order chi connectivity index (χ0) is 16.8. The summed E-state index contributed by atoms with van der Waals surface area (Å²) in [6.07, 6.45) is 4.59. The van der Waals surface area contributed by atoms with Crippen molar-refractivity contribution in [2.45, 2.75) is 31.7 Å². The van der Waals surface area contributed by atoms with Crippen molar-refractivity contribution in [3.05, 3.63) is 64.1 Å². The molecule has 24 heavy (non-hydrogen) atoms. The Morgan fingerprint density at radius 1 is 0.958 bits per heavy atom. The second-order valence-electron chi connectivity index (χ2n) is 6.46. The third kappa shape index (κ3) is 5.41. The van der Waals surface area contributed by atoms with E-state index in [2.05, 4.69) is 17.4 Å². The lowest BCUT2D eigenvalue weighted by Crippen LogP contribution is -2.39. The highest BCUT2D eigenvalue weighted by molar-refractivity contribution is 6.30. The highest BCUT2D eigenvalue weighted by atomic mass is 35.5. The summed E-state index contributed by atoms with van der Waals surface area (Å²) in [4.78, 5) is 0. The SMILES string of the molecule is Clc1ccc(CC2CCNC(CCOc3ccc(Cl)cc3)C2)cc1. The Labute approximate surface area is 154 Å². The van der Waals surface area contributed by atoms with E-state index in [4.69, 9.17) is 27.9 Å². The zero-order valence-electron chi connectivity index (χ0n) is 13.7. The average Bonchev–Trinajstić information content (AvgIpc) is 2.59. The molecule has 0 spiro atoms. The first-order valence-electron chi connectivity index (χ1n) is 8.55. The van der Waals surface area contributed by atoms with Crippen LogP contribution in [0.1, 0.15) is 24.8 Å². The molecule has 2 aromatic rings.